The van der Waals surface area contributed by atoms with Gasteiger partial charge in [0.25, 0.3) is 0 Å². The van der Waals surface area contributed by atoms with E-state index in [9.17, 15) is 8.78 Å². The maximum absolute atomic E-state index is 13.7. The molecule has 0 radical (unpaired) electrons. The molecule has 21 heavy (non-hydrogen) atoms. The molecule has 1 heterocycles. The Morgan fingerprint density at radius 1 is 1.14 bits per heavy atom. The number of fused-ring (bicyclic) bond motifs is 1. The van der Waals surface area contributed by atoms with Gasteiger partial charge in [0.15, 0.2) is 0 Å². The third kappa shape index (κ3) is 3.05. The van der Waals surface area contributed by atoms with Crippen molar-refractivity contribution in [1.29, 1.82) is 0 Å². The van der Waals surface area contributed by atoms with Crippen LogP contribution < -0.4 is 10.5 Å². The summed E-state index contributed by atoms with van der Waals surface area (Å²) in [6, 6.07) is 9.14. The third-order valence-electron chi connectivity index (χ3n) is 3.82. The number of ether oxygens (including phenoxy) is 1. The average molecular weight is 289 g/mol. The van der Waals surface area contributed by atoms with E-state index in [1.54, 1.807) is 0 Å². The monoisotopic (exact) mass is 289 g/mol. The van der Waals surface area contributed by atoms with Crippen molar-refractivity contribution < 1.29 is 13.5 Å². The summed E-state index contributed by atoms with van der Waals surface area (Å²) >= 11 is 0. The fourth-order valence-corrected chi connectivity index (χ4v) is 2.65. The van der Waals surface area contributed by atoms with Crippen molar-refractivity contribution in [2.75, 3.05) is 6.61 Å². The van der Waals surface area contributed by atoms with Crippen LogP contribution in [-0.4, -0.2) is 6.61 Å². The molecule has 2 N–H and O–H groups in total. The van der Waals surface area contributed by atoms with Crippen LogP contribution in [0.4, 0.5) is 8.78 Å². The minimum absolute atomic E-state index is 0.322. The van der Waals surface area contributed by atoms with E-state index in [2.05, 4.69) is 0 Å². The SMILES string of the molecule is NC(Cc1ccc(F)cc1F)c1ccc2c(c1)CCCO2. The Morgan fingerprint density at radius 2 is 2.00 bits per heavy atom. The second-order valence-corrected chi connectivity index (χ2v) is 5.37. The average Bonchev–Trinajstić information content (AvgIpc) is 2.49. The molecular weight excluding hydrogens is 272 g/mol. The normalized spacial score (nSPS) is 15.2. The molecule has 3 rings (SSSR count). The van der Waals surface area contributed by atoms with Crippen LogP contribution in [0.1, 0.15) is 29.2 Å². The summed E-state index contributed by atoms with van der Waals surface area (Å²) in [4.78, 5) is 0. The maximum atomic E-state index is 13.7. The lowest BCUT2D eigenvalue weighted by molar-refractivity contribution is 0.288. The summed E-state index contributed by atoms with van der Waals surface area (Å²) < 4.78 is 32.2. The van der Waals surface area contributed by atoms with Crippen LogP contribution in [0, 0.1) is 11.6 Å². The lowest BCUT2D eigenvalue weighted by Crippen LogP contribution is -2.16. The van der Waals surface area contributed by atoms with Crippen LogP contribution in [0.15, 0.2) is 36.4 Å². The third-order valence-corrected chi connectivity index (χ3v) is 3.82. The van der Waals surface area contributed by atoms with E-state index in [0.29, 0.717) is 12.0 Å². The summed E-state index contributed by atoms with van der Waals surface area (Å²) in [5, 5.41) is 0. The van der Waals surface area contributed by atoms with Gasteiger partial charge in [0.2, 0.25) is 0 Å². The number of aryl methyl sites for hydroxylation is 1. The molecule has 110 valence electrons. The van der Waals surface area contributed by atoms with Gasteiger partial charge < -0.3 is 10.5 Å². The molecule has 2 aromatic carbocycles. The first-order chi connectivity index (χ1) is 10.1. The first-order valence-corrected chi connectivity index (χ1v) is 7.08. The van der Waals surface area contributed by atoms with Gasteiger partial charge in [0.1, 0.15) is 17.4 Å². The molecule has 0 saturated heterocycles. The first-order valence-electron chi connectivity index (χ1n) is 7.08. The smallest absolute Gasteiger partial charge is 0.129 e. The quantitative estimate of drug-likeness (QED) is 0.938. The molecule has 1 unspecified atom stereocenters. The molecule has 1 aliphatic heterocycles. The molecule has 0 amide bonds. The molecule has 0 bridgehead atoms. The summed E-state index contributed by atoms with van der Waals surface area (Å²) in [6.45, 7) is 0.749. The van der Waals surface area contributed by atoms with Crippen molar-refractivity contribution in [2.45, 2.75) is 25.3 Å². The minimum Gasteiger partial charge on any atom is -0.493 e. The van der Waals surface area contributed by atoms with Crippen LogP contribution >= 0.6 is 0 Å². The fourth-order valence-electron chi connectivity index (χ4n) is 2.65. The zero-order chi connectivity index (χ0) is 14.8. The van der Waals surface area contributed by atoms with Gasteiger partial charge in [-0.2, -0.15) is 0 Å². The fraction of sp³-hybridized carbons (Fsp3) is 0.294. The molecule has 0 aromatic heterocycles. The van der Waals surface area contributed by atoms with Gasteiger partial charge in [-0.25, -0.2) is 8.78 Å². The van der Waals surface area contributed by atoms with Gasteiger partial charge in [-0.3, -0.25) is 0 Å². The summed E-state index contributed by atoms with van der Waals surface area (Å²) in [6.07, 6.45) is 2.31. The highest BCUT2D eigenvalue weighted by molar-refractivity contribution is 5.40. The Bertz CT molecular complexity index is 657. The molecule has 1 atom stereocenters. The molecule has 0 saturated carbocycles. The largest absolute Gasteiger partial charge is 0.493 e. The van der Waals surface area contributed by atoms with Gasteiger partial charge in [0, 0.05) is 12.1 Å². The molecule has 2 nitrogen and oxygen atoms in total. The van der Waals surface area contributed by atoms with Crippen LogP contribution in [0.25, 0.3) is 0 Å². The molecule has 0 aliphatic carbocycles. The van der Waals surface area contributed by atoms with Gasteiger partial charge in [0.05, 0.1) is 6.61 Å². The van der Waals surface area contributed by atoms with Gasteiger partial charge in [-0.05, 0) is 48.1 Å². The molecule has 2 aromatic rings. The van der Waals surface area contributed by atoms with E-state index < -0.39 is 11.6 Å². The maximum Gasteiger partial charge on any atom is 0.129 e. The second kappa shape index (κ2) is 5.82. The lowest BCUT2D eigenvalue weighted by atomic mass is 9.95. The first kappa shape index (κ1) is 14.0. The van der Waals surface area contributed by atoms with E-state index in [0.717, 1.165) is 42.4 Å². The summed E-state index contributed by atoms with van der Waals surface area (Å²) in [5.74, 6) is -0.215. The number of hydrogen-bond acceptors (Lipinski definition) is 2. The number of nitrogens with two attached hydrogens (primary N) is 1. The predicted molar refractivity (Wildman–Crippen MR) is 77.2 cm³/mol. The molecule has 0 spiro atoms. The Labute approximate surface area is 122 Å². The number of rotatable bonds is 3. The molecule has 1 aliphatic rings. The van der Waals surface area contributed by atoms with Gasteiger partial charge >= 0.3 is 0 Å². The second-order valence-electron chi connectivity index (χ2n) is 5.37. The van der Waals surface area contributed by atoms with E-state index in [1.165, 1.54) is 12.1 Å². The molecular formula is C17H17F2NO. The highest BCUT2D eigenvalue weighted by Gasteiger charge is 2.15. The Morgan fingerprint density at radius 3 is 2.81 bits per heavy atom. The number of halogens is 2. The molecule has 4 heteroatoms. The topological polar surface area (TPSA) is 35.2 Å². The standard InChI is InChI=1S/C17H17F2NO/c18-14-5-3-11(15(19)10-14)9-16(20)12-4-6-17-13(8-12)2-1-7-21-17/h3-6,8,10,16H,1-2,7,9,20H2. The Kier molecular flexibility index (Phi) is 3.88. The van der Waals surface area contributed by atoms with Crippen molar-refractivity contribution in [2.24, 2.45) is 5.73 Å². The van der Waals surface area contributed by atoms with Gasteiger partial charge in [-0.1, -0.05) is 18.2 Å². The Balaban J connectivity index is 1.80. The van der Waals surface area contributed by atoms with E-state index >= 15 is 0 Å². The van der Waals surface area contributed by atoms with E-state index in [1.807, 2.05) is 18.2 Å². The van der Waals surface area contributed by atoms with Crippen molar-refractivity contribution in [1.82, 2.24) is 0 Å². The summed E-state index contributed by atoms with van der Waals surface area (Å²) in [5.41, 5.74) is 8.69. The van der Waals surface area contributed by atoms with Crippen molar-refractivity contribution in [3.05, 3.63) is 64.7 Å². The highest BCUT2D eigenvalue weighted by Crippen LogP contribution is 2.28. The zero-order valence-electron chi connectivity index (χ0n) is 11.6. The van der Waals surface area contributed by atoms with E-state index in [4.69, 9.17) is 10.5 Å². The van der Waals surface area contributed by atoms with Crippen LogP contribution in [0.5, 0.6) is 5.75 Å². The van der Waals surface area contributed by atoms with Crippen molar-refractivity contribution in [3.63, 3.8) is 0 Å². The van der Waals surface area contributed by atoms with Crippen LogP contribution in [0.2, 0.25) is 0 Å². The van der Waals surface area contributed by atoms with Crippen LogP contribution in [-0.2, 0) is 12.8 Å². The highest BCUT2D eigenvalue weighted by atomic mass is 19.1. The number of benzene rings is 2. The van der Waals surface area contributed by atoms with Crippen molar-refractivity contribution >= 4 is 0 Å². The predicted octanol–water partition coefficient (Wildman–Crippen LogP) is 3.53. The minimum atomic E-state index is -0.573. The Hall–Kier alpha value is -1.94. The lowest BCUT2D eigenvalue weighted by Gasteiger charge is -2.20. The van der Waals surface area contributed by atoms with Crippen LogP contribution in [0.3, 0.4) is 0 Å². The van der Waals surface area contributed by atoms with Crippen molar-refractivity contribution in [3.8, 4) is 5.75 Å². The summed E-state index contributed by atoms with van der Waals surface area (Å²) in [7, 11) is 0. The van der Waals surface area contributed by atoms with Gasteiger partial charge in [-0.15, -0.1) is 0 Å². The zero-order valence-corrected chi connectivity index (χ0v) is 11.6. The van der Waals surface area contributed by atoms with E-state index in [-0.39, 0.29) is 6.04 Å². The molecule has 0 fully saturated rings. The number of hydrogen-bond donors (Lipinski definition) is 1.